The number of hydrogen-bond acceptors (Lipinski definition) is 6. The molecule has 1 aromatic carbocycles. The van der Waals surface area contributed by atoms with Crippen LogP contribution in [0.1, 0.15) is 45.1 Å². The molecule has 6 nitrogen and oxygen atoms in total. The third kappa shape index (κ3) is 4.28. The van der Waals surface area contributed by atoms with Crippen molar-refractivity contribution in [3.8, 4) is 6.07 Å². The second-order valence-electron chi connectivity index (χ2n) is 9.95. The molecule has 1 unspecified atom stereocenters. The molecule has 30 heavy (non-hydrogen) atoms. The highest BCUT2D eigenvalue weighted by molar-refractivity contribution is 5.26. The van der Waals surface area contributed by atoms with Crippen molar-refractivity contribution in [2.24, 2.45) is 5.41 Å². The number of ether oxygens (including phenoxy) is 1. The fourth-order valence-corrected chi connectivity index (χ4v) is 5.53. The Morgan fingerprint density at radius 3 is 2.37 bits per heavy atom. The minimum absolute atomic E-state index is 0.0176. The van der Waals surface area contributed by atoms with Crippen molar-refractivity contribution >= 4 is 0 Å². The molecule has 1 aliphatic heterocycles. The van der Waals surface area contributed by atoms with E-state index in [1.807, 2.05) is 13.8 Å². The van der Waals surface area contributed by atoms with Crippen molar-refractivity contribution in [2.45, 2.75) is 57.0 Å². The fraction of sp³-hybridized carbons (Fsp3) is 0.708. The molecule has 1 N–H and O–H groups in total. The molecule has 6 heteroatoms. The standard InChI is InChI=1S/C24H38N4O2/c1-22(2,17-25)18-27-19-23(28(21(27)29)15-16-30-5)11-13-24(14-12-23,26(3)4)20-9-7-6-8-10-20/h6-10,21,29H,11-16,18-19H2,1-5H3. The molecule has 0 bridgehead atoms. The maximum Gasteiger partial charge on any atom is 0.166 e. The van der Waals surface area contributed by atoms with Gasteiger partial charge in [-0.3, -0.25) is 14.7 Å². The van der Waals surface area contributed by atoms with Crippen molar-refractivity contribution < 1.29 is 9.84 Å². The summed E-state index contributed by atoms with van der Waals surface area (Å²) >= 11 is 0. The van der Waals surface area contributed by atoms with E-state index in [1.165, 1.54) is 5.56 Å². The molecular formula is C24H38N4O2. The molecule has 0 amide bonds. The SMILES string of the molecule is COCCN1C(O)N(CC(C)(C)C#N)CC12CCC(c1ccccc1)(N(C)C)CC2. The summed E-state index contributed by atoms with van der Waals surface area (Å²) in [5, 5.41) is 20.7. The summed E-state index contributed by atoms with van der Waals surface area (Å²) in [7, 11) is 6.07. The van der Waals surface area contributed by atoms with E-state index in [0.717, 1.165) is 32.2 Å². The predicted octanol–water partition coefficient (Wildman–Crippen LogP) is 2.85. The monoisotopic (exact) mass is 414 g/mol. The number of aliphatic hydroxyl groups excluding tert-OH is 1. The first-order valence-corrected chi connectivity index (χ1v) is 11.0. The van der Waals surface area contributed by atoms with E-state index in [4.69, 9.17) is 4.74 Å². The van der Waals surface area contributed by atoms with Gasteiger partial charge in [-0.05, 0) is 59.2 Å². The summed E-state index contributed by atoms with van der Waals surface area (Å²) in [6.45, 7) is 6.52. The summed E-state index contributed by atoms with van der Waals surface area (Å²) < 4.78 is 5.36. The van der Waals surface area contributed by atoms with E-state index >= 15 is 0 Å². The molecular weight excluding hydrogens is 376 g/mol. The van der Waals surface area contributed by atoms with Crippen molar-refractivity contribution in [2.75, 3.05) is 47.4 Å². The molecule has 1 spiro atoms. The van der Waals surface area contributed by atoms with Gasteiger partial charge in [-0.25, -0.2) is 0 Å². The van der Waals surface area contributed by atoms with E-state index in [1.54, 1.807) is 7.11 Å². The molecule has 1 heterocycles. The number of aliphatic hydroxyl groups is 1. The first-order valence-electron chi connectivity index (χ1n) is 11.0. The van der Waals surface area contributed by atoms with Crippen LogP contribution in [-0.2, 0) is 10.3 Å². The van der Waals surface area contributed by atoms with Crippen LogP contribution in [0, 0.1) is 16.7 Å². The van der Waals surface area contributed by atoms with Gasteiger partial charge in [0.25, 0.3) is 0 Å². The van der Waals surface area contributed by atoms with Crippen LogP contribution in [0.25, 0.3) is 0 Å². The van der Waals surface area contributed by atoms with E-state index in [9.17, 15) is 10.4 Å². The fourth-order valence-electron chi connectivity index (χ4n) is 5.53. The third-order valence-electron chi connectivity index (χ3n) is 7.32. The Balaban J connectivity index is 1.86. The second-order valence-corrected chi connectivity index (χ2v) is 9.95. The molecule has 0 aromatic heterocycles. The van der Waals surface area contributed by atoms with Crippen molar-refractivity contribution in [1.29, 1.82) is 5.26 Å². The van der Waals surface area contributed by atoms with Crippen molar-refractivity contribution in [3.63, 3.8) is 0 Å². The van der Waals surface area contributed by atoms with Crippen LogP contribution in [0.15, 0.2) is 30.3 Å². The quantitative estimate of drug-likeness (QED) is 0.740. The predicted molar refractivity (Wildman–Crippen MR) is 119 cm³/mol. The van der Waals surface area contributed by atoms with Gasteiger partial charge in [0.15, 0.2) is 6.35 Å². The van der Waals surface area contributed by atoms with Crippen molar-refractivity contribution in [1.82, 2.24) is 14.7 Å². The number of nitriles is 1. The van der Waals surface area contributed by atoms with Crippen LogP contribution >= 0.6 is 0 Å². The second kappa shape index (κ2) is 8.94. The molecule has 0 radical (unpaired) electrons. The van der Waals surface area contributed by atoms with E-state index in [0.29, 0.717) is 19.7 Å². The van der Waals surface area contributed by atoms with Gasteiger partial charge >= 0.3 is 0 Å². The van der Waals surface area contributed by atoms with Crippen LogP contribution < -0.4 is 0 Å². The summed E-state index contributed by atoms with van der Waals surface area (Å²) in [4.78, 5) is 6.69. The summed E-state index contributed by atoms with van der Waals surface area (Å²) in [5.41, 5.74) is 0.807. The highest BCUT2D eigenvalue weighted by Crippen LogP contribution is 2.49. The van der Waals surface area contributed by atoms with Gasteiger partial charge in [0.2, 0.25) is 0 Å². The minimum Gasteiger partial charge on any atom is -0.383 e. The largest absolute Gasteiger partial charge is 0.383 e. The zero-order chi connectivity index (χ0) is 22.0. The lowest BCUT2D eigenvalue weighted by molar-refractivity contribution is -0.101. The van der Waals surface area contributed by atoms with Crippen molar-refractivity contribution in [3.05, 3.63) is 35.9 Å². The Kier molecular flexibility index (Phi) is 6.91. The summed E-state index contributed by atoms with van der Waals surface area (Å²) in [6.07, 6.45) is 3.41. The summed E-state index contributed by atoms with van der Waals surface area (Å²) in [5.74, 6) is 0. The topological polar surface area (TPSA) is 63.0 Å². The molecule has 2 fully saturated rings. The Hall–Kier alpha value is -1.49. The van der Waals surface area contributed by atoms with E-state index in [2.05, 4.69) is 65.2 Å². The van der Waals surface area contributed by atoms with Gasteiger partial charge in [0.1, 0.15) is 0 Å². The average molecular weight is 415 g/mol. The smallest absolute Gasteiger partial charge is 0.166 e. The highest BCUT2D eigenvalue weighted by atomic mass is 16.5. The van der Waals surface area contributed by atoms with Gasteiger partial charge in [0, 0.05) is 37.8 Å². The molecule has 1 saturated carbocycles. The maximum absolute atomic E-state index is 11.2. The summed E-state index contributed by atoms with van der Waals surface area (Å²) in [6, 6.07) is 13.2. The lowest BCUT2D eigenvalue weighted by Gasteiger charge is -2.51. The Bertz CT molecular complexity index is 735. The van der Waals surface area contributed by atoms with Gasteiger partial charge in [-0.2, -0.15) is 5.26 Å². The molecule has 2 aliphatic rings. The lowest BCUT2D eigenvalue weighted by Crippen LogP contribution is -2.56. The Morgan fingerprint density at radius 1 is 1.20 bits per heavy atom. The van der Waals surface area contributed by atoms with E-state index < -0.39 is 11.8 Å². The minimum atomic E-state index is -0.670. The lowest BCUT2D eigenvalue weighted by atomic mass is 9.68. The number of rotatable bonds is 7. The Labute approximate surface area is 182 Å². The van der Waals surface area contributed by atoms with Gasteiger partial charge in [-0.1, -0.05) is 30.3 Å². The van der Waals surface area contributed by atoms with Crippen LogP contribution in [0.3, 0.4) is 0 Å². The highest BCUT2D eigenvalue weighted by Gasteiger charge is 2.54. The number of benzene rings is 1. The molecule has 3 rings (SSSR count). The van der Waals surface area contributed by atoms with Crippen LogP contribution in [0.2, 0.25) is 0 Å². The molecule has 1 aromatic rings. The molecule has 1 aliphatic carbocycles. The normalized spacial score (nSPS) is 30.8. The zero-order valence-corrected chi connectivity index (χ0v) is 19.3. The third-order valence-corrected chi connectivity index (χ3v) is 7.32. The van der Waals surface area contributed by atoms with Crippen LogP contribution in [0.4, 0.5) is 0 Å². The molecule has 1 atom stereocenters. The maximum atomic E-state index is 11.2. The van der Waals surface area contributed by atoms with Crippen LogP contribution in [-0.4, -0.2) is 79.1 Å². The number of nitrogens with zero attached hydrogens (tertiary/aromatic N) is 4. The van der Waals surface area contributed by atoms with Crippen LogP contribution in [0.5, 0.6) is 0 Å². The van der Waals surface area contributed by atoms with E-state index in [-0.39, 0.29) is 11.1 Å². The zero-order valence-electron chi connectivity index (χ0n) is 19.3. The Morgan fingerprint density at radius 2 is 1.83 bits per heavy atom. The number of hydrogen-bond donors (Lipinski definition) is 1. The molecule has 166 valence electrons. The van der Waals surface area contributed by atoms with Gasteiger partial charge in [-0.15, -0.1) is 0 Å². The van der Waals surface area contributed by atoms with Gasteiger partial charge in [0.05, 0.1) is 18.1 Å². The molecule has 1 saturated heterocycles. The number of methoxy groups -OCH3 is 1. The first kappa shape index (κ1) is 23.2. The first-order chi connectivity index (χ1) is 14.2. The average Bonchev–Trinajstić information content (AvgIpc) is 2.97. The van der Waals surface area contributed by atoms with Gasteiger partial charge < -0.3 is 9.84 Å².